The molecular formula is C13H12FNO4. The number of benzene rings is 1. The van der Waals surface area contributed by atoms with E-state index in [1.165, 1.54) is 18.4 Å². The van der Waals surface area contributed by atoms with E-state index in [9.17, 15) is 9.18 Å². The van der Waals surface area contributed by atoms with E-state index in [0.29, 0.717) is 12.2 Å². The van der Waals surface area contributed by atoms with Crippen LogP contribution in [-0.4, -0.2) is 22.7 Å². The Morgan fingerprint density at radius 2 is 2.32 bits per heavy atom. The van der Waals surface area contributed by atoms with E-state index in [4.69, 9.17) is 14.3 Å². The molecule has 0 atom stereocenters. The minimum absolute atomic E-state index is 0.156. The van der Waals surface area contributed by atoms with Crippen LogP contribution in [0, 0.1) is 5.82 Å². The van der Waals surface area contributed by atoms with Gasteiger partial charge >= 0.3 is 5.97 Å². The Hall–Kier alpha value is -2.37. The lowest BCUT2D eigenvalue weighted by atomic mass is 10.2. The van der Waals surface area contributed by atoms with Crippen LogP contribution >= 0.6 is 0 Å². The van der Waals surface area contributed by atoms with Gasteiger partial charge in [-0.25, -0.2) is 9.37 Å². The first-order valence-electron chi connectivity index (χ1n) is 5.69. The smallest absolute Gasteiger partial charge is 0.309 e. The molecule has 19 heavy (non-hydrogen) atoms. The number of carbonyl (C=O) groups is 1. The number of nitrogens with zero attached hydrogens (tertiary/aromatic N) is 1. The lowest BCUT2D eigenvalue weighted by Crippen LogP contribution is -2.00. The van der Waals surface area contributed by atoms with Crippen molar-refractivity contribution in [2.24, 2.45) is 0 Å². The molecule has 0 spiro atoms. The van der Waals surface area contributed by atoms with E-state index in [1.54, 1.807) is 13.0 Å². The zero-order valence-corrected chi connectivity index (χ0v) is 10.2. The second-order valence-electron chi connectivity index (χ2n) is 3.79. The van der Waals surface area contributed by atoms with E-state index >= 15 is 0 Å². The Bertz CT molecular complexity index is 594. The highest BCUT2D eigenvalue weighted by Crippen LogP contribution is 2.25. The molecule has 100 valence electrons. The number of rotatable bonds is 5. The summed E-state index contributed by atoms with van der Waals surface area (Å²) in [4.78, 5) is 14.5. The normalized spacial score (nSPS) is 10.4. The SMILES string of the molecule is CCOc1ccc(-c2nc(CC(=O)O)co2)cc1F. The summed E-state index contributed by atoms with van der Waals surface area (Å²) in [5.74, 6) is -1.18. The number of aliphatic carboxylic acids is 1. The summed E-state index contributed by atoms with van der Waals surface area (Å²) in [7, 11) is 0. The molecular weight excluding hydrogens is 253 g/mol. The van der Waals surface area contributed by atoms with Crippen LogP contribution in [0.1, 0.15) is 12.6 Å². The molecule has 0 radical (unpaired) electrons. The van der Waals surface area contributed by atoms with Gasteiger partial charge in [-0.3, -0.25) is 4.79 Å². The van der Waals surface area contributed by atoms with E-state index in [2.05, 4.69) is 4.98 Å². The van der Waals surface area contributed by atoms with Crippen molar-refractivity contribution in [1.82, 2.24) is 4.98 Å². The highest BCUT2D eigenvalue weighted by Gasteiger charge is 2.12. The van der Waals surface area contributed by atoms with Gasteiger partial charge in [-0.2, -0.15) is 0 Å². The van der Waals surface area contributed by atoms with E-state index in [0.717, 1.165) is 0 Å². The summed E-state index contributed by atoms with van der Waals surface area (Å²) in [6, 6.07) is 4.32. The van der Waals surface area contributed by atoms with Gasteiger partial charge < -0.3 is 14.3 Å². The zero-order valence-electron chi connectivity index (χ0n) is 10.2. The summed E-state index contributed by atoms with van der Waals surface area (Å²) in [6.07, 6.45) is 1.01. The van der Waals surface area contributed by atoms with Gasteiger partial charge in [0.2, 0.25) is 5.89 Å². The van der Waals surface area contributed by atoms with Gasteiger partial charge in [-0.15, -0.1) is 0 Å². The van der Waals surface area contributed by atoms with Crippen LogP contribution in [0.15, 0.2) is 28.9 Å². The fourth-order valence-corrected chi connectivity index (χ4v) is 1.58. The first kappa shape index (κ1) is 13.1. The maximum absolute atomic E-state index is 13.7. The molecule has 0 amide bonds. The van der Waals surface area contributed by atoms with Crippen LogP contribution in [0.2, 0.25) is 0 Å². The number of ether oxygens (including phenoxy) is 1. The molecule has 6 heteroatoms. The van der Waals surface area contributed by atoms with E-state index in [1.807, 2.05) is 0 Å². The molecule has 0 aliphatic heterocycles. The Labute approximate surface area is 108 Å². The van der Waals surface area contributed by atoms with Crippen LogP contribution in [0.25, 0.3) is 11.5 Å². The minimum atomic E-state index is -1.00. The minimum Gasteiger partial charge on any atom is -0.491 e. The zero-order chi connectivity index (χ0) is 13.8. The molecule has 1 heterocycles. The molecule has 0 aliphatic carbocycles. The van der Waals surface area contributed by atoms with Crippen molar-refractivity contribution >= 4 is 5.97 Å². The van der Waals surface area contributed by atoms with Crippen LogP contribution in [0.5, 0.6) is 5.75 Å². The lowest BCUT2D eigenvalue weighted by molar-refractivity contribution is -0.136. The van der Waals surface area contributed by atoms with Crippen molar-refractivity contribution in [3.63, 3.8) is 0 Å². The third kappa shape index (κ3) is 3.09. The third-order valence-corrected chi connectivity index (χ3v) is 2.36. The summed E-state index contributed by atoms with van der Waals surface area (Å²) in [5.41, 5.74) is 0.717. The number of oxazole rings is 1. The van der Waals surface area contributed by atoms with E-state index < -0.39 is 11.8 Å². The van der Waals surface area contributed by atoms with Crippen LogP contribution in [0.4, 0.5) is 4.39 Å². The number of aromatic nitrogens is 1. The first-order chi connectivity index (χ1) is 9.10. The Balaban J connectivity index is 2.24. The van der Waals surface area contributed by atoms with Crippen molar-refractivity contribution in [1.29, 1.82) is 0 Å². The van der Waals surface area contributed by atoms with Gasteiger partial charge in [0.15, 0.2) is 11.6 Å². The van der Waals surface area contributed by atoms with E-state index in [-0.39, 0.29) is 23.8 Å². The second kappa shape index (κ2) is 5.51. The van der Waals surface area contributed by atoms with Crippen LogP contribution in [-0.2, 0) is 11.2 Å². The number of halogens is 1. The number of carboxylic acid groups (broad SMARTS) is 1. The van der Waals surface area contributed by atoms with Crippen molar-refractivity contribution in [3.05, 3.63) is 36.0 Å². The average molecular weight is 265 g/mol. The molecule has 1 N–H and O–H groups in total. The molecule has 1 aromatic carbocycles. The molecule has 0 bridgehead atoms. The molecule has 0 saturated heterocycles. The largest absolute Gasteiger partial charge is 0.491 e. The molecule has 5 nitrogen and oxygen atoms in total. The maximum Gasteiger partial charge on any atom is 0.309 e. The van der Waals surface area contributed by atoms with Gasteiger partial charge in [0.05, 0.1) is 18.7 Å². The summed E-state index contributed by atoms with van der Waals surface area (Å²) < 4.78 is 23.9. The van der Waals surface area contributed by atoms with Gasteiger partial charge in [0.25, 0.3) is 0 Å². The number of carboxylic acids is 1. The van der Waals surface area contributed by atoms with Crippen molar-refractivity contribution < 1.29 is 23.4 Å². The molecule has 2 aromatic rings. The van der Waals surface area contributed by atoms with Crippen LogP contribution < -0.4 is 4.74 Å². The topological polar surface area (TPSA) is 72.6 Å². The predicted molar refractivity (Wildman–Crippen MR) is 64.4 cm³/mol. The highest BCUT2D eigenvalue weighted by atomic mass is 19.1. The molecule has 0 fully saturated rings. The third-order valence-electron chi connectivity index (χ3n) is 2.36. The quantitative estimate of drug-likeness (QED) is 0.899. The van der Waals surface area contributed by atoms with Gasteiger partial charge in [-0.05, 0) is 25.1 Å². The Kier molecular flexibility index (Phi) is 3.79. The predicted octanol–water partition coefficient (Wildman–Crippen LogP) is 2.51. The Morgan fingerprint density at radius 1 is 1.53 bits per heavy atom. The Morgan fingerprint density at radius 3 is 2.95 bits per heavy atom. The van der Waals surface area contributed by atoms with Gasteiger partial charge in [0.1, 0.15) is 6.26 Å². The average Bonchev–Trinajstić information content (AvgIpc) is 2.79. The molecule has 0 aliphatic rings. The van der Waals surface area contributed by atoms with Crippen molar-refractivity contribution in [3.8, 4) is 17.2 Å². The van der Waals surface area contributed by atoms with Crippen LogP contribution in [0.3, 0.4) is 0 Å². The van der Waals surface area contributed by atoms with Crippen molar-refractivity contribution in [2.45, 2.75) is 13.3 Å². The number of hydrogen-bond acceptors (Lipinski definition) is 4. The van der Waals surface area contributed by atoms with Gasteiger partial charge in [-0.1, -0.05) is 0 Å². The monoisotopic (exact) mass is 265 g/mol. The molecule has 0 unspecified atom stereocenters. The summed E-state index contributed by atoms with van der Waals surface area (Å²) >= 11 is 0. The first-order valence-corrected chi connectivity index (χ1v) is 5.69. The van der Waals surface area contributed by atoms with Gasteiger partial charge in [0, 0.05) is 5.56 Å². The fourth-order valence-electron chi connectivity index (χ4n) is 1.58. The molecule has 1 aromatic heterocycles. The number of hydrogen-bond donors (Lipinski definition) is 1. The standard InChI is InChI=1S/C13H12FNO4/c1-2-18-11-4-3-8(5-10(11)14)13-15-9(7-19-13)6-12(16)17/h3-5,7H,2,6H2,1H3,(H,16,17). The summed E-state index contributed by atoms with van der Waals surface area (Å²) in [6.45, 7) is 2.14. The second-order valence-corrected chi connectivity index (χ2v) is 3.79. The summed E-state index contributed by atoms with van der Waals surface area (Å²) in [5, 5.41) is 8.63. The lowest BCUT2D eigenvalue weighted by Gasteiger charge is -2.04. The van der Waals surface area contributed by atoms with Crippen molar-refractivity contribution in [2.75, 3.05) is 6.61 Å². The molecule has 0 saturated carbocycles. The molecule has 2 rings (SSSR count). The fraction of sp³-hybridized carbons (Fsp3) is 0.231. The highest BCUT2D eigenvalue weighted by molar-refractivity contribution is 5.69. The maximum atomic E-state index is 13.7.